The lowest BCUT2D eigenvalue weighted by Gasteiger charge is -2.34. The van der Waals surface area contributed by atoms with E-state index < -0.39 is 37.5 Å². The molecule has 0 bridgehead atoms. The third-order valence-corrected chi connectivity index (χ3v) is 9.10. The van der Waals surface area contributed by atoms with Crippen molar-refractivity contribution in [2.75, 3.05) is 45.5 Å². The molecule has 13 nitrogen and oxygen atoms in total. The first-order valence-electron chi connectivity index (χ1n) is 14.5. The molecule has 0 spiro atoms. The van der Waals surface area contributed by atoms with Crippen LogP contribution < -0.4 is 4.74 Å². The summed E-state index contributed by atoms with van der Waals surface area (Å²) in [4.78, 5) is 57.8. The Bertz CT molecular complexity index is 1650. The molecule has 0 aliphatic carbocycles. The van der Waals surface area contributed by atoms with E-state index in [1.807, 2.05) is 4.90 Å². The van der Waals surface area contributed by atoms with E-state index in [0.717, 1.165) is 0 Å². The molecule has 2 aliphatic heterocycles. The Balaban J connectivity index is 1.25. The Labute approximate surface area is 258 Å². The summed E-state index contributed by atoms with van der Waals surface area (Å²) in [7, 11) is -4.07. The molecular weight excluding hydrogens is 610 g/mol. The molecule has 0 radical (unpaired) electrons. The van der Waals surface area contributed by atoms with Gasteiger partial charge in [-0.3, -0.25) is 23.8 Å². The summed E-state index contributed by atoms with van der Waals surface area (Å²) in [5, 5.41) is 11.4. The first-order valence-corrected chi connectivity index (χ1v) is 16.3. The van der Waals surface area contributed by atoms with Gasteiger partial charge in [0, 0.05) is 56.4 Å². The van der Waals surface area contributed by atoms with E-state index in [0.29, 0.717) is 29.6 Å². The number of phenols is 1. The van der Waals surface area contributed by atoms with Gasteiger partial charge in [-0.05, 0) is 43.7 Å². The van der Waals surface area contributed by atoms with Crippen LogP contribution in [0.4, 0.5) is 9.18 Å². The van der Waals surface area contributed by atoms with E-state index in [2.05, 4.69) is 4.98 Å². The number of hydrogen-bond donors (Lipinski definition) is 2. The summed E-state index contributed by atoms with van der Waals surface area (Å²) < 4.78 is 41.7. The molecule has 1 fully saturated rings. The van der Waals surface area contributed by atoms with Crippen LogP contribution in [0.25, 0.3) is 10.9 Å². The number of ether oxygens (including phenoxy) is 2. The Morgan fingerprint density at radius 1 is 1.13 bits per heavy atom. The molecule has 45 heavy (non-hydrogen) atoms. The molecular formula is C30H34FN4O9P. The van der Waals surface area contributed by atoms with Gasteiger partial charge >= 0.3 is 19.7 Å². The van der Waals surface area contributed by atoms with Gasteiger partial charge in [0.05, 0.1) is 24.9 Å². The monoisotopic (exact) mass is 644 g/mol. The highest BCUT2D eigenvalue weighted by molar-refractivity contribution is 7.52. The number of esters is 1. The molecule has 1 saturated heterocycles. The fourth-order valence-electron chi connectivity index (χ4n) is 5.35. The summed E-state index contributed by atoms with van der Waals surface area (Å²) in [5.41, 5.74) is 1.16. The Morgan fingerprint density at radius 2 is 1.84 bits per heavy atom. The van der Waals surface area contributed by atoms with Gasteiger partial charge in [0.2, 0.25) is 0 Å². The molecule has 2 aliphatic rings. The van der Waals surface area contributed by atoms with E-state index in [1.165, 1.54) is 35.1 Å². The third kappa shape index (κ3) is 7.25. The largest absolute Gasteiger partial charge is 0.505 e. The minimum atomic E-state index is -4.07. The number of amides is 2. The van der Waals surface area contributed by atoms with Crippen molar-refractivity contribution in [2.24, 2.45) is 0 Å². The zero-order valence-electron chi connectivity index (χ0n) is 24.8. The number of halogens is 1. The van der Waals surface area contributed by atoms with Gasteiger partial charge in [0.1, 0.15) is 17.1 Å². The molecule has 240 valence electrons. The van der Waals surface area contributed by atoms with Gasteiger partial charge < -0.3 is 29.3 Å². The average molecular weight is 645 g/mol. The standard InChI is InChI=1S/C30H34FN4O9P/c1-3-42-29(38)19(2)44-45(40,41)16-15-33-11-13-34(14-12-33)30(39)43-27-22-5-4-10-32-25(22)26(36)24-23(27)18-35(28(24)37)17-20-6-8-21(31)9-7-20/h4-10,19,36H,3,11-18H2,1-2H3,(H,40,41)/t19-/m0/s1. The molecule has 3 aromatic rings. The number of pyridine rings is 1. The van der Waals surface area contributed by atoms with Gasteiger partial charge in [-0.25, -0.2) is 14.0 Å². The van der Waals surface area contributed by atoms with Crippen molar-refractivity contribution in [3.05, 3.63) is 65.1 Å². The zero-order valence-corrected chi connectivity index (χ0v) is 25.7. The molecule has 2 N–H and O–H groups in total. The number of aromatic hydroxyl groups is 1. The van der Waals surface area contributed by atoms with E-state index in [-0.39, 0.29) is 68.1 Å². The van der Waals surface area contributed by atoms with E-state index in [9.17, 15) is 33.3 Å². The van der Waals surface area contributed by atoms with Crippen LogP contribution in [0.5, 0.6) is 11.5 Å². The van der Waals surface area contributed by atoms with Gasteiger partial charge in [-0.2, -0.15) is 0 Å². The average Bonchev–Trinajstić information content (AvgIpc) is 3.35. The van der Waals surface area contributed by atoms with Crippen molar-refractivity contribution in [2.45, 2.75) is 33.0 Å². The first kappa shape index (κ1) is 32.3. The third-order valence-electron chi connectivity index (χ3n) is 7.69. The maximum absolute atomic E-state index is 13.4. The zero-order chi connectivity index (χ0) is 32.3. The summed E-state index contributed by atoms with van der Waals surface area (Å²) in [6.45, 7) is 4.84. The first-order chi connectivity index (χ1) is 21.5. The lowest BCUT2D eigenvalue weighted by Crippen LogP contribution is -2.50. The predicted molar refractivity (Wildman–Crippen MR) is 159 cm³/mol. The highest BCUT2D eigenvalue weighted by Crippen LogP contribution is 2.45. The van der Waals surface area contributed by atoms with Crippen LogP contribution in [-0.2, 0) is 31.7 Å². The number of fused-ring (bicyclic) bond motifs is 2. The van der Waals surface area contributed by atoms with Crippen LogP contribution in [0.3, 0.4) is 0 Å². The summed E-state index contributed by atoms with van der Waals surface area (Å²) in [6.07, 6.45) is -0.577. The van der Waals surface area contributed by atoms with Crippen molar-refractivity contribution in [1.29, 1.82) is 0 Å². The lowest BCUT2D eigenvalue weighted by molar-refractivity contribution is -0.150. The maximum atomic E-state index is 13.4. The molecule has 5 rings (SSSR count). The predicted octanol–water partition coefficient (Wildman–Crippen LogP) is 3.51. The van der Waals surface area contributed by atoms with Crippen LogP contribution in [0.1, 0.15) is 35.3 Å². The molecule has 2 amide bonds. The van der Waals surface area contributed by atoms with Crippen molar-refractivity contribution >= 4 is 36.5 Å². The number of piperazine rings is 1. The van der Waals surface area contributed by atoms with Gasteiger partial charge in [-0.1, -0.05) is 12.1 Å². The molecule has 1 unspecified atom stereocenters. The fraction of sp³-hybridized carbons (Fsp3) is 0.400. The van der Waals surface area contributed by atoms with Crippen LogP contribution in [0.2, 0.25) is 0 Å². The number of phenolic OH excluding ortho intramolecular Hbond substituents is 1. The number of nitrogens with zero attached hydrogens (tertiary/aromatic N) is 4. The van der Waals surface area contributed by atoms with Crippen LogP contribution in [0.15, 0.2) is 42.6 Å². The Kier molecular flexibility index (Phi) is 9.68. The minimum absolute atomic E-state index is 0.00357. The normalized spacial score (nSPS) is 17.2. The number of rotatable bonds is 10. The second-order valence-electron chi connectivity index (χ2n) is 10.8. The van der Waals surface area contributed by atoms with Crippen molar-refractivity contribution in [3.8, 4) is 11.5 Å². The van der Waals surface area contributed by atoms with Crippen molar-refractivity contribution < 1.29 is 47.3 Å². The Hall–Kier alpha value is -4.10. The van der Waals surface area contributed by atoms with Gasteiger partial charge in [-0.15, -0.1) is 0 Å². The molecule has 2 aromatic carbocycles. The highest BCUT2D eigenvalue weighted by atomic mass is 31.2. The molecule has 1 aromatic heterocycles. The van der Waals surface area contributed by atoms with Crippen LogP contribution in [0, 0.1) is 5.82 Å². The SMILES string of the molecule is CCOC(=O)[C@H](C)OP(=O)(O)CCN1CCN(C(=O)Oc2c3c(c(O)c4ncccc24)C(=O)N(Cc2ccc(F)cc2)C3)CC1. The highest BCUT2D eigenvalue weighted by Gasteiger charge is 2.37. The fourth-order valence-corrected chi connectivity index (χ4v) is 6.57. The van der Waals surface area contributed by atoms with Gasteiger partial charge in [0.25, 0.3) is 5.91 Å². The second-order valence-corrected chi connectivity index (χ2v) is 12.7. The maximum Gasteiger partial charge on any atom is 0.415 e. The lowest BCUT2D eigenvalue weighted by atomic mass is 10.0. The van der Waals surface area contributed by atoms with Crippen molar-refractivity contribution in [3.63, 3.8) is 0 Å². The van der Waals surface area contributed by atoms with E-state index in [4.69, 9.17) is 14.0 Å². The second kappa shape index (κ2) is 13.5. The minimum Gasteiger partial charge on any atom is -0.505 e. The van der Waals surface area contributed by atoms with E-state index >= 15 is 0 Å². The summed E-state index contributed by atoms with van der Waals surface area (Å²) >= 11 is 0. The molecule has 3 heterocycles. The smallest absolute Gasteiger partial charge is 0.415 e. The number of carbonyl (C=O) groups excluding carboxylic acids is 3. The number of hydrogen-bond acceptors (Lipinski definition) is 10. The van der Waals surface area contributed by atoms with E-state index in [1.54, 1.807) is 31.2 Å². The quantitative estimate of drug-likeness (QED) is 0.246. The van der Waals surface area contributed by atoms with Crippen LogP contribution in [-0.4, -0.2) is 99.2 Å². The molecule has 15 heteroatoms. The summed E-state index contributed by atoms with van der Waals surface area (Å²) in [6, 6.07) is 9.02. The van der Waals surface area contributed by atoms with Gasteiger partial charge in [0.15, 0.2) is 11.9 Å². The number of aromatic nitrogens is 1. The Morgan fingerprint density at radius 3 is 2.53 bits per heavy atom. The molecule has 0 saturated carbocycles. The number of carbonyl (C=O) groups is 3. The topological polar surface area (TPSA) is 159 Å². The summed E-state index contributed by atoms with van der Waals surface area (Å²) in [5.74, 6) is -1.76. The van der Waals surface area contributed by atoms with Crippen LogP contribution >= 0.6 is 7.60 Å². The van der Waals surface area contributed by atoms with Crippen molar-refractivity contribution in [1.82, 2.24) is 19.7 Å². The molecule has 2 atom stereocenters. The number of benzene rings is 2.